The number of amides is 1. The number of nitrogens with zero attached hydrogens (tertiary/aromatic N) is 1. The highest BCUT2D eigenvalue weighted by Gasteiger charge is 2.42. The Kier molecular flexibility index (Phi) is 7.17. The Morgan fingerprint density at radius 3 is 2.46 bits per heavy atom. The molecule has 1 aliphatic rings. The summed E-state index contributed by atoms with van der Waals surface area (Å²) in [6.45, 7) is 5.53. The fraction of sp³-hybridized carbons (Fsp3) is 0.233. The van der Waals surface area contributed by atoms with Gasteiger partial charge in [0, 0.05) is 41.0 Å². The number of quaternary nitrogens is 1. The number of aromatic hydroxyl groups is 1. The third-order valence-electron chi connectivity index (χ3n) is 6.62. The fourth-order valence-electron chi connectivity index (χ4n) is 4.86. The van der Waals surface area contributed by atoms with Crippen molar-refractivity contribution >= 4 is 28.9 Å². The smallest absolute Gasteiger partial charge is 0.243 e. The summed E-state index contributed by atoms with van der Waals surface area (Å²) in [5.74, 6) is -0.121. The Balaban J connectivity index is 1.61. The van der Waals surface area contributed by atoms with E-state index in [-0.39, 0.29) is 17.5 Å². The van der Waals surface area contributed by atoms with Crippen molar-refractivity contribution in [2.45, 2.75) is 33.2 Å². The molecule has 35 heavy (non-hydrogen) atoms. The number of allylic oxidation sites excluding steroid dienone is 1. The van der Waals surface area contributed by atoms with Crippen LogP contribution in [0, 0.1) is 5.82 Å². The van der Waals surface area contributed by atoms with Gasteiger partial charge in [-0.3, -0.25) is 9.28 Å². The van der Waals surface area contributed by atoms with Crippen LogP contribution in [0.4, 0.5) is 10.1 Å². The van der Waals surface area contributed by atoms with Crippen molar-refractivity contribution in [2.75, 3.05) is 13.6 Å². The molecule has 0 saturated carbocycles. The number of rotatable bonds is 8. The van der Waals surface area contributed by atoms with Crippen molar-refractivity contribution in [1.82, 2.24) is 9.80 Å². The van der Waals surface area contributed by atoms with E-state index in [1.54, 1.807) is 18.2 Å². The van der Waals surface area contributed by atoms with E-state index in [0.717, 1.165) is 52.1 Å². The first-order valence-corrected chi connectivity index (χ1v) is 12.0. The Labute approximate surface area is 206 Å². The molecule has 0 bridgehead atoms. The SMILES string of the molecule is CCCCNC(=O)C=Cc1ccc(C[N+]2(C)C(c3ccc(F)cc3)=C(C)c3cc(O)ccc32)cc1. The van der Waals surface area contributed by atoms with Crippen LogP contribution < -0.4 is 9.80 Å². The number of unbranched alkanes of at least 4 members (excludes halogenated alkanes) is 1. The Morgan fingerprint density at radius 2 is 1.77 bits per heavy atom. The molecule has 3 aromatic carbocycles. The lowest BCUT2D eigenvalue weighted by molar-refractivity contribution is -0.116. The van der Waals surface area contributed by atoms with Gasteiger partial charge < -0.3 is 10.4 Å². The summed E-state index contributed by atoms with van der Waals surface area (Å²) in [4.78, 5) is 11.9. The van der Waals surface area contributed by atoms with Gasteiger partial charge in [0.1, 0.15) is 29.5 Å². The summed E-state index contributed by atoms with van der Waals surface area (Å²) < 4.78 is 14.2. The molecule has 4 nitrogen and oxygen atoms in total. The maximum absolute atomic E-state index is 13.7. The van der Waals surface area contributed by atoms with Gasteiger partial charge in [-0.25, -0.2) is 4.39 Å². The molecule has 5 heteroatoms. The van der Waals surface area contributed by atoms with E-state index in [0.29, 0.717) is 17.6 Å². The van der Waals surface area contributed by atoms with Crippen LogP contribution in [0.15, 0.2) is 72.8 Å². The summed E-state index contributed by atoms with van der Waals surface area (Å²) in [5.41, 5.74) is 7.28. The van der Waals surface area contributed by atoms with Crippen LogP contribution in [0.1, 0.15) is 48.9 Å². The molecule has 0 saturated heterocycles. The molecule has 0 spiro atoms. The van der Waals surface area contributed by atoms with Gasteiger partial charge in [0.15, 0.2) is 0 Å². The molecule has 1 heterocycles. The molecule has 0 fully saturated rings. The van der Waals surface area contributed by atoms with Crippen LogP contribution in [0.5, 0.6) is 5.75 Å². The Morgan fingerprint density at radius 1 is 1.06 bits per heavy atom. The van der Waals surface area contributed by atoms with Gasteiger partial charge in [-0.15, -0.1) is 0 Å². The highest BCUT2D eigenvalue weighted by molar-refractivity contribution is 6.02. The van der Waals surface area contributed by atoms with Crippen LogP contribution in [-0.2, 0) is 11.3 Å². The summed E-state index contributed by atoms with van der Waals surface area (Å²) in [5, 5.41) is 13.0. The van der Waals surface area contributed by atoms with Crippen molar-refractivity contribution in [3.8, 4) is 5.75 Å². The lowest BCUT2D eigenvalue weighted by atomic mass is 10.0. The van der Waals surface area contributed by atoms with Gasteiger partial charge in [-0.05, 0) is 61.4 Å². The van der Waals surface area contributed by atoms with E-state index < -0.39 is 0 Å². The number of halogens is 1. The molecular formula is C30H32FN2O2+. The minimum atomic E-state index is -0.267. The lowest BCUT2D eigenvalue weighted by Gasteiger charge is -2.33. The highest BCUT2D eigenvalue weighted by Crippen LogP contribution is 2.50. The van der Waals surface area contributed by atoms with Gasteiger partial charge in [-0.1, -0.05) is 37.6 Å². The molecule has 180 valence electrons. The Hall–Kier alpha value is -3.70. The highest BCUT2D eigenvalue weighted by atomic mass is 19.1. The molecule has 4 rings (SSSR count). The zero-order chi connectivity index (χ0) is 25.0. The van der Waals surface area contributed by atoms with Gasteiger partial charge >= 0.3 is 0 Å². The van der Waals surface area contributed by atoms with E-state index in [4.69, 9.17) is 0 Å². The zero-order valence-electron chi connectivity index (χ0n) is 20.5. The second kappa shape index (κ2) is 10.3. The number of fused-ring (bicyclic) bond motifs is 1. The third kappa shape index (κ3) is 5.20. The minimum absolute atomic E-state index is 0.0814. The van der Waals surface area contributed by atoms with E-state index in [1.807, 2.05) is 36.4 Å². The second-order valence-electron chi connectivity index (χ2n) is 9.25. The van der Waals surface area contributed by atoms with Crippen LogP contribution >= 0.6 is 0 Å². The van der Waals surface area contributed by atoms with Crippen molar-refractivity contribution in [1.29, 1.82) is 0 Å². The summed E-state index contributed by atoms with van der Waals surface area (Å²) in [6, 6.07) is 20.3. The molecule has 1 unspecified atom stereocenters. The molecule has 0 aliphatic carbocycles. The van der Waals surface area contributed by atoms with Crippen LogP contribution in [0.2, 0.25) is 0 Å². The molecule has 2 N–H and O–H groups in total. The average Bonchev–Trinajstić information content (AvgIpc) is 3.05. The monoisotopic (exact) mass is 471 g/mol. The van der Waals surface area contributed by atoms with Crippen molar-refractivity contribution in [3.63, 3.8) is 0 Å². The van der Waals surface area contributed by atoms with Crippen LogP contribution in [0.25, 0.3) is 17.3 Å². The van der Waals surface area contributed by atoms with Crippen molar-refractivity contribution in [3.05, 3.63) is 101 Å². The van der Waals surface area contributed by atoms with Crippen molar-refractivity contribution in [2.24, 2.45) is 0 Å². The largest absolute Gasteiger partial charge is 0.508 e. The standard InChI is InChI=1S/C30H31FN2O2/c1-4-5-18-32-29(35)17-10-22-6-8-23(9-7-22)20-33(3)28-16-15-26(34)19-27(28)21(2)30(33)24-11-13-25(31)14-12-24/h6-17,19H,4-5,18,20H2,1-3H3,(H-,32,34,35)/p+1. The number of carbonyl (C=O) groups excluding carboxylic acids is 1. The van der Waals surface area contributed by atoms with Gasteiger partial charge in [0.2, 0.25) is 5.91 Å². The molecule has 3 aromatic rings. The predicted octanol–water partition coefficient (Wildman–Crippen LogP) is 6.50. The second-order valence-corrected chi connectivity index (χ2v) is 9.25. The average molecular weight is 472 g/mol. The quantitative estimate of drug-likeness (QED) is 0.224. The fourth-order valence-corrected chi connectivity index (χ4v) is 4.86. The predicted molar refractivity (Wildman–Crippen MR) is 142 cm³/mol. The number of hydrogen-bond acceptors (Lipinski definition) is 2. The summed E-state index contributed by atoms with van der Waals surface area (Å²) >= 11 is 0. The zero-order valence-corrected chi connectivity index (χ0v) is 20.5. The molecule has 1 atom stereocenters. The van der Waals surface area contributed by atoms with Gasteiger partial charge in [0.05, 0.1) is 7.05 Å². The number of phenols is 1. The molecule has 0 aromatic heterocycles. The third-order valence-corrected chi connectivity index (χ3v) is 6.62. The molecule has 1 aliphatic heterocycles. The number of phenolic OH excluding ortho intramolecular Hbond substituents is 1. The molecular weight excluding hydrogens is 439 g/mol. The summed E-state index contributed by atoms with van der Waals surface area (Å²) in [7, 11) is 2.15. The maximum atomic E-state index is 13.7. The van der Waals surface area contributed by atoms with Crippen LogP contribution in [-0.4, -0.2) is 24.6 Å². The number of benzene rings is 3. The minimum Gasteiger partial charge on any atom is -0.508 e. The normalized spacial score (nSPS) is 17.1. The van der Waals surface area contributed by atoms with Gasteiger partial charge in [0.25, 0.3) is 0 Å². The van der Waals surface area contributed by atoms with E-state index in [9.17, 15) is 14.3 Å². The first kappa shape index (κ1) is 24.4. The first-order valence-electron chi connectivity index (χ1n) is 12.0. The lowest BCUT2D eigenvalue weighted by Crippen LogP contribution is -2.40. The Bertz CT molecular complexity index is 1280. The number of nitrogens with one attached hydrogen (secondary N) is 1. The van der Waals surface area contributed by atoms with Crippen LogP contribution in [0.3, 0.4) is 0 Å². The van der Waals surface area contributed by atoms with Gasteiger partial charge in [-0.2, -0.15) is 0 Å². The van der Waals surface area contributed by atoms with E-state index in [2.05, 4.69) is 38.3 Å². The molecule has 0 radical (unpaired) electrons. The molecule has 1 amide bonds. The first-order chi connectivity index (χ1) is 16.8. The summed E-state index contributed by atoms with van der Waals surface area (Å²) in [6.07, 6.45) is 5.41. The number of hydrogen-bond donors (Lipinski definition) is 2. The maximum Gasteiger partial charge on any atom is 0.243 e. The van der Waals surface area contributed by atoms with E-state index >= 15 is 0 Å². The van der Waals surface area contributed by atoms with E-state index in [1.165, 1.54) is 12.1 Å². The topological polar surface area (TPSA) is 49.3 Å². The van der Waals surface area contributed by atoms with Crippen molar-refractivity contribution < 1.29 is 14.3 Å². The number of carbonyl (C=O) groups is 1.